The Morgan fingerprint density at radius 3 is 1.97 bits per heavy atom. The van der Waals surface area contributed by atoms with Crippen molar-refractivity contribution in [3.8, 4) is 0 Å². The van der Waals surface area contributed by atoms with Crippen LogP contribution in [-0.2, 0) is 14.0 Å². The van der Waals surface area contributed by atoms with Crippen LogP contribution in [0.2, 0.25) is 5.04 Å². The van der Waals surface area contributed by atoms with Crippen LogP contribution in [0.5, 0.6) is 0 Å². The van der Waals surface area contributed by atoms with Crippen LogP contribution in [0.4, 0.5) is 4.79 Å². The van der Waals surface area contributed by atoms with Gasteiger partial charge in [0.15, 0.2) is 0 Å². The molecule has 2 heterocycles. The van der Waals surface area contributed by atoms with Gasteiger partial charge in [-0.05, 0) is 67.8 Å². The average Bonchev–Trinajstić information content (AvgIpc) is 2.86. The summed E-state index contributed by atoms with van der Waals surface area (Å²) in [7, 11) is -2.73. The Hall–Kier alpha value is -2.64. The van der Waals surface area contributed by atoms with Gasteiger partial charge in [-0.25, -0.2) is 4.79 Å². The molecule has 4 rings (SSSR count). The van der Waals surface area contributed by atoms with E-state index in [0.717, 1.165) is 19.3 Å². The maximum atomic E-state index is 13.9. The van der Waals surface area contributed by atoms with Gasteiger partial charge in [-0.15, -0.1) is 0 Å². The molecule has 0 saturated carbocycles. The summed E-state index contributed by atoms with van der Waals surface area (Å²) in [6, 6.07) is 20.8. The summed E-state index contributed by atoms with van der Waals surface area (Å²) in [5.74, 6) is 0.403. The lowest BCUT2D eigenvalue weighted by Gasteiger charge is -2.51. The quantitative estimate of drug-likeness (QED) is 0.499. The highest BCUT2D eigenvalue weighted by molar-refractivity contribution is 6.99. The van der Waals surface area contributed by atoms with E-state index in [1.165, 1.54) is 10.4 Å². The minimum atomic E-state index is -2.73. The number of nitrogens with one attached hydrogen (secondary N) is 1. The summed E-state index contributed by atoms with van der Waals surface area (Å²) in [6.45, 7) is 15.0. The van der Waals surface area contributed by atoms with Crippen LogP contribution in [-0.4, -0.2) is 55.6 Å². The number of carbonyl (C=O) groups is 2. The molecule has 2 fully saturated rings. The van der Waals surface area contributed by atoms with Gasteiger partial charge in [0.05, 0.1) is 12.6 Å². The van der Waals surface area contributed by atoms with Gasteiger partial charge in [0.2, 0.25) is 5.91 Å². The fraction of sp³-hybridized carbons (Fsp3) is 0.562. The van der Waals surface area contributed by atoms with E-state index in [-0.39, 0.29) is 23.0 Å². The molecule has 0 unspecified atom stereocenters. The van der Waals surface area contributed by atoms with E-state index < -0.39 is 26.1 Å². The Bertz CT molecular complexity index is 1090. The zero-order valence-electron chi connectivity index (χ0n) is 24.7. The Kier molecular flexibility index (Phi) is 8.62. The fourth-order valence-corrected chi connectivity index (χ4v) is 11.1. The third-order valence-corrected chi connectivity index (χ3v) is 13.3. The first kappa shape index (κ1) is 29.3. The van der Waals surface area contributed by atoms with Crippen molar-refractivity contribution in [1.82, 2.24) is 10.2 Å². The molecule has 0 spiro atoms. The van der Waals surface area contributed by atoms with Crippen molar-refractivity contribution in [3.63, 3.8) is 0 Å². The van der Waals surface area contributed by atoms with Gasteiger partial charge in [-0.2, -0.15) is 0 Å². The summed E-state index contributed by atoms with van der Waals surface area (Å²) >= 11 is 0. The van der Waals surface area contributed by atoms with Gasteiger partial charge in [0.25, 0.3) is 8.32 Å². The second-order valence-electron chi connectivity index (χ2n) is 13.3. The van der Waals surface area contributed by atoms with Gasteiger partial charge in [0.1, 0.15) is 11.6 Å². The number of alkyl carbamates (subject to hydrolysis) is 1. The van der Waals surface area contributed by atoms with Gasteiger partial charge >= 0.3 is 6.09 Å². The van der Waals surface area contributed by atoms with Crippen LogP contribution in [0.1, 0.15) is 74.1 Å². The van der Waals surface area contributed by atoms with Crippen molar-refractivity contribution in [3.05, 3.63) is 60.7 Å². The smallest absolute Gasteiger partial charge is 0.408 e. The SMILES string of the molecule is C[C@@H]1CC[C@@H](CO[Si](c2ccccc2)(c2ccccc2)C(C)(C)C)N2C(=O)[C@@H](NC(=O)OC(C)(C)C)CC[C@@H]12. The normalized spacial score (nSPS) is 24.2. The summed E-state index contributed by atoms with van der Waals surface area (Å²) < 4.78 is 12.7. The Labute approximate surface area is 235 Å². The number of hydrogen-bond acceptors (Lipinski definition) is 4. The number of piperidine rings is 2. The van der Waals surface area contributed by atoms with E-state index in [9.17, 15) is 9.59 Å². The summed E-state index contributed by atoms with van der Waals surface area (Å²) in [5, 5.41) is 5.19. The topological polar surface area (TPSA) is 67.9 Å². The van der Waals surface area contributed by atoms with E-state index in [0.29, 0.717) is 18.9 Å². The molecule has 2 amide bonds. The molecule has 0 radical (unpaired) electrons. The van der Waals surface area contributed by atoms with Crippen LogP contribution in [0.25, 0.3) is 0 Å². The van der Waals surface area contributed by atoms with E-state index in [1.54, 1.807) is 0 Å². The fourth-order valence-electron chi connectivity index (χ4n) is 6.47. The lowest BCUT2D eigenvalue weighted by molar-refractivity contribution is -0.148. The summed E-state index contributed by atoms with van der Waals surface area (Å²) in [6.07, 6.45) is 2.91. The van der Waals surface area contributed by atoms with Crippen LogP contribution in [0, 0.1) is 5.92 Å². The van der Waals surface area contributed by atoms with Crippen LogP contribution in [0.15, 0.2) is 60.7 Å². The van der Waals surface area contributed by atoms with Crippen molar-refractivity contribution in [1.29, 1.82) is 0 Å². The summed E-state index contributed by atoms with van der Waals surface area (Å²) in [4.78, 5) is 28.5. The van der Waals surface area contributed by atoms with Crippen molar-refractivity contribution < 1.29 is 18.8 Å². The first-order valence-electron chi connectivity index (χ1n) is 14.4. The molecule has 7 heteroatoms. The molecule has 0 aliphatic carbocycles. The van der Waals surface area contributed by atoms with Gasteiger partial charge < -0.3 is 19.4 Å². The number of fused-ring (bicyclic) bond motifs is 1. The van der Waals surface area contributed by atoms with Crippen molar-refractivity contribution in [2.45, 2.75) is 103 Å². The molecule has 39 heavy (non-hydrogen) atoms. The largest absolute Gasteiger partial charge is 0.444 e. The first-order chi connectivity index (χ1) is 18.3. The van der Waals surface area contributed by atoms with E-state index in [2.05, 4.69) is 86.4 Å². The predicted octanol–water partition coefficient (Wildman–Crippen LogP) is 5.25. The molecule has 0 bridgehead atoms. The molecule has 2 aliphatic rings. The number of rotatable bonds is 6. The monoisotopic (exact) mass is 550 g/mol. The Morgan fingerprint density at radius 2 is 1.46 bits per heavy atom. The van der Waals surface area contributed by atoms with Crippen molar-refractivity contribution in [2.24, 2.45) is 5.92 Å². The first-order valence-corrected chi connectivity index (χ1v) is 16.3. The molecular weight excluding hydrogens is 504 g/mol. The highest BCUT2D eigenvalue weighted by atomic mass is 28.4. The lowest BCUT2D eigenvalue weighted by Crippen LogP contribution is -2.69. The lowest BCUT2D eigenvalue weighted by atomic mass is 9.80. The zero-order chi connectivity index (χ0) is 28.4. The van der Waals surface area contributed by atoms with Crippen molar-refractivity contribution >= 4 is 30.7 Å². The number of carbonyl (C=O) groups excluding carboxylic acids is 2. The molecule has 4 atom stereocenters. The second kappa shape index (κ2) is 11.5. The minimum absolute atomic E-state index is 0.0142. The number of amides is 2. The van der Waals surface area contributed by atoms with Gasteiger partial charge in [0, 0.05) is 6.04 Å². The van der Waals surface area contributed by atoms with Crippen LogP contribution < -0.4 is 15.7 Å². The number of hydrogen-bond donors (Lipinski definition) is 1. The predicted molar refractivity (Wildman–Crippen MR) is 159 cm³/mol. The van der Waals surface area contributed by atoms with Crippen LogP contribution >= 0.6 is 0 Å². The molecule has 212 valence electrons. The van der Waals surface area contributed by atoms with E-state index in [1.807, 2.05) is 32.9 Å². The Balaban J connectivity index is 1.63. The highest BCUT2D eigenvalue weighted by Gasteiger charge is 2.52. The summed E-state index contributed by atoms with van der Waals surface area (Å²) in [5.41, 5.74) is -0.615. The molecule has 6 nitrogen and oxygen atoms in total. The molecule has 2 aromatic carbocycles. The zero-order valence-corrected chi connectivity index (χ0v) is 25.7. The number of benzene rings is 2. The molecule has 0 aromatic heterocycles. The van der Waals surface area contributed by atoms with E-state index >= 15 is 0 Å². The van der Waals surface area contributed by atoms with E-state index in [4.69, 9.17) is 9.16 Å². The molecule has 2 saturated heterocycles. The highest BCUT2D eigenvalue weighted by Crippen LogP contribution is 2.39. The minimum Gasteiger partial charge on any atom is -0.444 e. The second-order valence-corrected chi connectivity index (χ2v) is 17.6. The Morgan fingerprint density at radius 1 is 0.897 bits per heavy atom. The molecule has 2 aliphatic heterocycles. The molecular formula is C32H46N2O4Si. The van der Waals surface area contributed by atoms with Gasteiger partial charge in [-0.3, -0.25) is 4.79 Å². The maximum absolute atomic E-state index is 13.9. The van der Waals surface area contributed by atoms with Gasteiger partial charge in [-0.1, -0.05) is 88.4 Å². The maximum Gasteiger partial charge on any atom is 0.408 e. The number of ether oxygens (including phenoxy) is 1. The molecule has 1 N–H and O–H groups in total. The standard InChI is InChI=1S/C32H46N2O4Si/c1-23-18-19-24(34-28(23)21-20-27(29(34)35)33-30(36)38-31(2,3)4)22-37-39(32(5,6)7,25-14-10-8-11-15-25)26-16-12-9-13-17-26/h8-17,23-24,27-28H,18-22H2,1-7H3,(H,33,36)/t23-,24+,27+,28+/m1/s1. The molecule has 2 aromatic rings. The third kappa shape index (κ3) is 6.25. The number of nitrogens with zero attached hydrogens (tertiary/aromatic N) is 1. The van der Waals surface area contributed by atoms with Crippen LogP contribution in [0.3, 0.4) is 0 Å². The van der Waals surface area contributed by atoms with Crippen molar-refractivity contribution in [2.75, 3.05) is 6.61 Å². The average molecular weight is 551 g/mol. The third-order valence-electron chi connectivity index (χ3n) is 8.27.